The Morgan fingerprint density at radius 2 is 2.08 bits per heavy atom. The summed E-state index contributed by atoms with van der Waals surface area (Å²) in [4.78, 5) is 15.0. The molecule has 2 unspecified atom stereocenters. The van der Waals surface area contributed by atoms with Gasteiger partial charge in [0.1, 0.15) is 0 Å². The van der Waals surface area contributed by atoms with Gasteiger partial charge < -0.3 is 10.6 Å². The average Bonchev–Trinajstić information content (AvgIpc) is 3.09. The number of aryl methyl sites for hydroxylation is 1. The maximum atomic E-state index is 13.1. The van der Waals surface area contributed by atoms with E-state index in [9.17, 15) is 4.79 Å². The van der Waals surface area contributed by atoms with E-state index in [4.69, 9.17) is 17.3 Å². The smallest absolute Gasteiger partial charge is 0.257 e. The van der Waals surface area contributed by atoms with Crippen molar-refractivity contribution in [2.24, 2.45) is 11.7 Å². The Hall–Kier alpha value is -1.85. The van der Waals surface area contributed by atoms with Crippen LogP contribution in [0.4, 0.5) is 0 Å². The number of amides is 1. The van der Waals surface area contributed by atoms with E-state index >= 15 is 0 Å². The summed E-state index contributed by atoms with van der Waals surface area (Å²) in [5.74, 6) is 0.446. The first-order chi connectivity index (χ1) is 11.9. The molecule has 0 bridgehead atoms. The van der Waals surface area contributed by atoms with Crippen LogP contribution < -0.4 is 5.73 Å². The zero-order chi connectivity index (χ0) is 18.1. The number of likely N-dealkylation sites (tertiary alicyclic amines) is 1. The predicted molar refractivity (Wildman–Crippen MR) is 99.9 cm³/mol. The normalized spacial score (nSPS) is 20.3. The van der Waals surface area contributed by atoms with Crippen molar-refractivity contribution in [1.29, 1.82) is 0 Å². The Balaban J connectivity index is 1.87. The second kappa shape index (κ2) is 7.18. The summed E-state index contributed by atoms with van der Waals surface area (Å²) in [6, 6.07) is 7.93. The van der Waals surface area contributed by atoms with Crippen LogP contribution in [-0.2, 0) is 6.54 Å². The molecular formula is C19H25ClN4O. The molecule has 2 heterocycles. The number of aromatic nitrogens is 2. The molecule has 1 amide bonds. The fourth-order valence-electron chi connectivity index (χ4n) is 3.69. The van der Waals surface area contributed by atoms with E-state index in [0.717, 1.165) is 29.9 Å². The third-order valence-electron chi connectivity index (χ3n) is 5.13. The highest BCUT2D eigenvalue weighted by Gasteiger charge is 2.34. The number of rotatable bonds is 4. The van der Waals surface area contributed by atoms with Crippen LogP contribution in [0.5, 0.6) is 0 Å². The standard InChI is InChI=1S/C19H25ClN4O/c1-12-8-15(9-21)10-23(12)19(25)18-13(2)22-24(14(18)3)11-16-6-4-5-7-17(16)20/h4-7,12,15H,8-11,21H2,1-3H3. The molecule has 25 heavy (non-hydrogen) atoms. The Morgan fingerprint density at radius 3 is 2.72 bits per heavy atom. The number of carbonyl (C=O) groups excluding carboxylic acids is 1. The largest absolute Gasteiger partial charge is 0.335 e. The van der Waals surface area contributed by atoms with Crippen LogP contribution in [0.3, 0.4) is 0 Å². The van der Waals surface area contributed by atoms with Gasteiger partial charge in [0.15, 0.2) is 0 Å². The van der Waals surface area contributed by atoms with Gasteiger partial charge >= 0.3 is 0 Å². The van der Waals surface area contributed by atoms with Gasteiger partial charge in [0.05, 0.1) is 17.8 Å². The molecule has 2 atom stereocenters. The summed E-state index contributed by atoms with van der Waals surface area (Å²) in [6.45, 7) is 7.84. The van der Waals surface area contributed by atoms with Gasteiger partial charge in [-0.3, -0.25) is 9.48 Å². The molecule has 3 rings (SSSR count). The van der Waals surface area contributed by atoms with E-state index in [0.29, 0.717) is 29.6 Å². The van der Waals surface area contributed by atoms with Crippen LogP contribution in [0.25, 0.3) is 0 Å². The van der Waals surface area contributed by atoms with Crippen molar-refractivity contribution < 1.29 is 4.79 Å². The minimum absolute atomic E-state index is 0.0591. The number of hydrogen-bond acceptors (Lipinski definition) is 3. The Bertz CT molecular complexity index is 786. The molecule has 1 saturated heterocycles. The summed E-state index contributed by atoms with van der Waals surface area (Å²) in [5, 5.41) is 5.30. The second-order valence-corrected chi connectivity index (χ2v) is 7.35. The number of hydrogen-bond donors (Lipinski definition) is 1. The van der Waals surface area contributed by atoms with E-state index < -0.39 is 0 Å². The third kappa shape index (κ3) is 3.44. The van der Waals surface area contributed by atoms with Gasteiger partial charge in [-0.15, -0.1) is 0 Å². The quantitative estimate of drug-likeness (QED) is 0.911. The van der Waals surface area contributed by atoms with Crippen LogP contribution in [0.15, 0.2) is 24.3 Å². The topological polar surface area (TPSA) is 64.2 Å². The number of halogens is 1. The fourth-order valence-corrected chi connectivity index (χ4v) is 3.88. The minimum atomic E-state index is 0.0591. The first-order valence-corrected chi connectivity index (χ1v) is 9.08. The van der Waals surface area contributed by atoms with Crippen LogP contribution in [0, 0.1) is 19.8 Å². The minimum Gasteiger partial charge on any atom is -0.335 e. The van der Waals surface area contributed by atoms with Gasteiger partial charge in [-0.05, 0) is 51.3 Å². The average molecular weight is 361 g/mol. The van der Waals surface area contributed by atoms with Crippen molar-refractivity contribution in [3.63, 3.8) is 0 Å². The lowest BCUT2D eigenvalue weighted by atomic mass is 10.1. The summed E-state index contributed by atoms with van der Waals surface area (Å²) >= 11 is 6.26. The molecule has 1 aliphatic rings. The molecule has 2 N–H and O–H groups in total. The Morgan fingerprint density at radius 1 is 1.36 bits per heavy atom. The lowest BCUT2D eigenvalue weighted by molar-refractivity contribution is 0.0742. The van der Waals surface area contributed by atoms with Crippen molar-refractivity contribution in [3.8, 4) is 0 Å². The van der Waals surface area contributed by atoms with Crippen LogP contribution >= 0.6 is 11.6 Å². The van der Waals surface area contributed by atoms with E-state index in [1.54, 1.807) is 0 Å². The molecule has 0 radical (unpaired) electrons. The maximum Gasteiger partial charge on any atom is 0.257 e. The van der Waals surface area contributed by atoms with Gasteiger partial charge in [-0.1, -0.05) is 29.8 Å². The highest BCUT2D eigenvalue weighted by atomic mass is 35.5. The molecule has 0 aliphatic carbocycles. The van der Waals surface area contributed by atoms with Crippen molar-refractivity contribution in [3.05, 3.63) is 51.8 Å². The van der Waals surface area contributed by atoms with E-state index in [1.165, 1.54) is 0 Å². The van der Waals surface area contributed by atoms with Gasteiger partial charge in [0.25, 0.3) is 5.91 Å². The molecule has 1 fully saturated rings. The molecule has 2 aromatic rings. The van der Waals surface area contributed by atoms with Crippen LogP contribution in [0.2, 0.25) is 5.02 Å². The van der Waals surface area contributed by atoms with Crippen molar-refractivity contribution in [2.45, 2.75) is 39.8 Å². The Kier molecular flexibility index (Phi) is 5.16. The summed E-state index contributed by atoms with van der Waals surface area (Å²) in [6.07, 6.45) is 0.966. The number of nitrogens with two attached hydrogens (primary N) is 1. The summed E-state index contributed by atoms with van der Waals surface area (Å²) in [7, 11) is 0. The first-order valence-electron chi connectivity index (χ1n) is 8.70. The molecule has 0 saturated carbocycles. The van der Waals surface area contributed by atoms with Crippen molar-refractivity contribution >= 4 is 17.5 Å². The lowest BCUT2D eigenvalue weighted by Gasteiger charge is -2.21. The third-order valence-corrected chi connectivity index (χ3v) is 5.50. The number of benzene rings is 1. The SMILES string of the molecule is Cc1nn(Cc2ccccc2Cl)c(C)c1C(=O)N1CC(CN)CC1C. The monoisotopic (exact) mass is 360 g/mol. The second-order valence-electron chi connectivity index (χ2n) is 6.94. The predicted octanol–water partition coefficient (Wildman–Crippen LogP) is 3.01. The van der Waals surface area contributed by atoms with E-state index in [2.05, 4.69) is 12.0 Å². The molecule has 6 heteroatoms. The van der Waals surface area contributed by atoms with Crippen LogP contribution in [0.1, 0.15) is 40.7 Å². The molecule has 1 aromatic carbocycles. The zero-order valence-electron chi connectivity index (χ0n) is 15.0. The summed E-state index contributed by atoms with van der Waals surface area (Å²) < 4.78 is 1.87. The van der Waals surface area contributed by atoms with Gasteiger partial charge in [0.2, 0.25) is 0 Å². The molecular weight excluding hydrogens is 336 g/mol. The highest BCUT2D eigenvalue weighted by molar-refractivity contribution is 6.31. The van der Waals surface area contributed by atoms with Crippen molar-refractivity contribution in [1.82, 2.24) is 14.7 Å². The molecule has 134 valence electrons. The molecule has 1 aromatic heterocycles. The highest BCUT2D eigenvalue weighted by Crippen LogP contribution is 2.27. The molecule has 1 aliphatic heterocycles. The maximum absolute atomic E-state index is 13.1. The zero-order valence-corrected chi connectivity index (χ0v) is 15.8. The Labute approximate surface area is 153 Å². The van der Waals surface area contributed by atoms with Gasteiger partial charge in [-0.25, -0.2) is 0 Å². The van der Waals surface area contributed by atoms with E-state index in [-0.39, 0.29) is 11.9 Å². The van der Waals surface area contributed by atoms with Gasteiger partial charge in [0, 0.05) is 23.3 Å². The summed E-state index contributed by atoms with van der Waals surface area (Å²) in [5.41, 5.74) is 9.13. The first kappa shape index (κ1) is 18.0. The van der Waals surface area contributed by atoms with Gasteiger partial charge in [-0.2, -0.15) is 5.10 Å². The lowest BCUT2D eigenvalue weighted by Crippen LogP contribution is -2.35. The number of carbonyl (C=O) groups is 1. The van der Waals surface area contributed by atoms with Crippen LogP contribution in [-0.4, -0.2) is 39.7 Å². The molecule has 0 spiro atoms. The number of nitrogens with zero attached hydrogens (tertiary/aromatic N) is 3. The van der Waals surface area contributed by atoms with Crippen molar-refractivity contribution in [2.75, 3.05) is 13.1 Å². The van der Waals surface area contributed by atoms with E-state index in [1.807, 2.05) is 47.7 Å². The fraction of sp³-hybridized carbons (Fsp3) is 0.474. The molecule has 5 nitrogen and oxygen atoms in total.